The van der Waals surface area contributed by atoms with Crippen molar-refractivity contribution in [2.75, 3.05) is 5.75 Å². The van der Waals surface area contributed by atoms with E-state index in [4.69, 9.17) is 23.2 Å². The number of benzene rings is 2. The number of hydrogen-bond donors (Lipinski definition) is 0. The number of carbonyl (C=O) groups is 1. The zero-order valence-electron chi connectivity index (χ0n) is 14.2. The highest BCUT2D eigenvalue weighted by Gasteiger charge is 2.15. The van der Waals surface area contributed by atoms with Crippen molar-refractivity contribution in [1.29, 1.82) is 0 Å². The predicted octanol–water partition coefficient (Wildman–Crippen LogP) is 5.17. The summed E-state index contributed by atoms with van der Waals surface area (Å²) in [6.07, 6.45) is 0.711. The van der Waals surface area contributed by atoms with Gasteiger partial charge in [-0.2, -0.15) is 0 Å². The first-order valence-electron chi connectivity index (χ1n) is 8.15. The molecule has 4 nitrogen and oxygen atoms in total. The largest absolute Gasteiger partial charge is 0.306 e. The van der Waals surface area contributed by atoms with E-state index in [2.05, 4.69) is 22.3 Å². The Morgan fingerprint density at radius 3 is 2.54 bits per heavy atom. The van der Waals surface area contributed by atoms with Gasteiger partial charge in [0, 0.05) is 18.5 Å². The van der Waals surface area contributed by atoms with E-state index in [1.807, 2.05) is 29.7 Å². The molecule has 0 saturated carbocycles. The molecular weight excluding hydrogens is 389 g/mol. The van der Waals surface area contributed by atoms with Gasteiger partial charge in [0.05, 0.1) is 15.8 Å². The van der Waals surface area contributed by atoms with Crippen molar-refractivity contribution < 1.29 is 4.79 Å². The molecule has 0 saturated heterocycles. The van der Waals surface area contributed by atoms with Gasteiger partial charge in [0.25, 0.3) is 0 Å². The minimum Gasteiger partial charge on any atom is -0.306 e. The van der Waals surface area contributed by atoms with Gasteiger partial charge in [0.2, 0.25) is 0 Å². The lowest BCUT2D eigenvalue weighted by atomic mass is 10.1. The number of ketones is 1. The van der Waals surface area contributed by atoms with Crippen LogP contribution in [0, 0.1) is 0 Å². The number of hydrogen-bond acceptors (Lipinski definition) is 4. The summed E-state index contributed by atoms with van der Waals surface area (Å²) in [5.74, 6) is 1.13. The fraction of sp³-hybridized carbons (Fsp3) is 0.211. The Morgan fingerprint density at radius 2 is 1.85 bits per heavy atom. The topological polar surface area (TPSA) is 47.8 Å². The predicted molar refractivity (Wildman–Crippen MR) is 106 cm³/mol. The van der Waals surface area contributed by atoms with Crippen LogP contribution in [0.4, 0.5) is 0 Å². The molecule has 7 heteroatoms. The Morgan fingerprint density at radius 1 is 1.08 bits per heavy atom. The third-order valence-corrected chi connectivity index (χ3v) is 5.59. The third kappa shape index (κ3) is 4.47. The van der Waals surface area contributed by atoms with E-state index in [0.29, 0.717) is 22.0 Å². The second kappa shape index (κ2) is 8.71. The number of aromatic nitrogens is 3. The first-order valence-corrected chi connectivity index (χ1v) is 9.89. The number of rotatable bonds is 7. The molecule has 1 aromatic heterocycles. The molecular formula is C19H17Cl2N3OS. The fourth-order valence-electron chi connectivity index (χ4n) is 2.54. The van der Waals surface area contributed by atoms with Gasteiger partial charge < -0.3 is 4.57 Å². The van der Waals surface area contributed by atoms with Crippen molar-refractivity contribution in [2.24, 2.45) is 0 Å². The molecule has 2 aromatic carbocycles. The quantitative estimate of drug-likeness (QED) is 0.401. The van der Waals surface area contributed by atoms with Crippen LogP contribution in [-0.4, -0.2) is 26.3 Å². The molecule has 3 rings (SSSR count). The molecule has 0 aliphatic carbocycles. The maximum absolute atomic E-state index is 12.4. The Hall–Kier alpha value is -1.82. The van der Waals surface area contributed by atoms with Crippen LogP contribution in [0.5, 0.6) is 0 Å². The van der Waals surface area contributed by atoms with Crippen molar-refractivity contribution in [1.82, 2.24) is 14.8 Å². The molecule has 0 unspecified atom stereocenters. The standard InChI is InChI=1S/C19H17Cl2N3OS/c1-2-24-18(10-13-6-4-3-5-7-13)22-23-19(24)26-12-17(25)14-8-9-15(20)16(21)11-14/h3-9,11H,2,10,12H2,1H3. The highest BCUT2D eigenvalue weighted by molar-refractivity contribution is 7.99. The van der Waals surface area contributed by atoms with Crippen LogP contribution >= 0.6 is 35.0 Å². The Labute approximate surface area is 166 Å². The lowest BCUT2D eigenvalue weighted by Gasteiger charge is -2.07. The summed E-state index contributed by atoms with van der Waals surface area (Å²) in [5.41, 5.74) is 1.72. The van der Waals surface area contributed by atoms with Crippen LogP contribution < -0.4 is 0 Å². The SMILES string of the molecule is CCn1c(Cc2ccccc2)nnc1SCC(=O)c1ccc(Cl)c(Cl)c1. The van der Waals surface area contributed by atoms with Crippen LogP contribution in [0.15, 0.2) is 53.7 Å². The lowest BCUT2D eigenvalue weighted by Crippen LogP contribution is -2.07. The molecule has 0 amide bonds. The summed E-state index contributed by atoms with van der Waals surface area (Å²) in [6, 6.07) is 15.0. The summed E-state index contributed by atoms with van der Waals surface area (Å²) < 4.78 is 2.04. The van der Waals surface area contributed by atoms with E-state index in [1.165, 1.54) is 17.3 Å². The van der Waals surface area contributed by atoms with Gasteiger partial charge in [-0.25, -0.2) is 0 Å². The smallest absolute Gasteiger partial charge is 0.191 e. The second-order valence-electron chi connectivity index (χ2n) is 5.65. The number of nitrogens with zero attached hydrogens (tertiary/aromatic N) is 3. The van der Waals surface area contributed by atoms with Crippen molar-refractivity contribution in [3.05, 3.63) is 75.5 Å². The maximum atomic E-state index is 12.4. The van der Waals surface area contributed by atoms with Gasteiger partial charge in [-0.05, 0) is 30.7 Å². The van der Waals surface area contributed by atoms with E-state index in [0.717, 1.165) is 17.5 Å². The van der Waals surface area contributed by atoms with E-state index in [-0.39, 0.29) is 11.5 Å². The number of Topliss-reactive ketones (excluding diaryl/α,β-unsaturated/α-hetero) is 1. The van der Waals surface area contributed by atoms with Crippen LogP contribution in [0.1, 0.15) is 28.7 Å². The van der Waals surface area contributed by atoms with Gasteiger partial charge in [-0.3, -0.25) is 4.79 Å². The number of halogens is 2. The number of thioether (sulfide) groups is 1. The summed E-state index contributed by atoms with van der Waals surface area (Å²) in [4.78, 5) is 12.4. The third-order valence-electron chi connectivity index (χ3n) is 3.89. The first kappa shape index (κ1) is 19.0. The van der Waals surface area contributed by atoms with E-state index in [1.54, 1.807) is 18.2 Å². The average Bonchev–Trinajstić information content (AvgIpc) is 3.04. The second-order valence-corrected chi connectivity index (χ2v) is 7.40. The molecule has 0 spiro atoms. The molecule has 1 heterocycles. The lowest BCUT2D eigenvalue weighted by molar-refractivity contribution is 0.102. The molecule has 0 aliphatic rings. The van der Waals surface area contributed by atoms with E-state index < -0.39 is 0 Å². The Kier molecular flexibility index (Phi) is 6.35. The van der Waals surface area contributed by atoms with Crippen LogP contribution in [-0.2, 0) is 13.0 Å². The zero-order valence-corrected chi connectivity index (χ0v) is 16.5. The summed E-state index contributed by atoms with van der Waals surface area (Å²) in [5, 5.41) is 10.1. The normalized spacial score (nSPS) is 10.9. The minimum absolute atomic E-state index is 0.0242. The van der Waals surface area contributed by atoms with Gasteiger partial charge in [-0.15, -0.1) is 10.2 Å². The summed E-state index contributed by atoms with van der Waals surface area (Å²) in [6.45, 7) is 2.79. The number of carbonyl (C=O) groups excluding carboxylic acids is 1. The fourth-order valence-corrected chi connectivity index (χ4v) is 3.75. The van der Waals surface area contributed by atoms with Gasteiger partial charge >= 0.3 is 0 Å². The summed E-state index contributed by atoms with van der Waals surface area (Å²) >= 11 is 13.3. The molecule has 0 bridgehead atoms. The minimum atomic E-state index is -0.0242. The molecule has 26 heavy (non-hydrogen) atoms. The Balaban J connectivity index is 1.70. The monoisotopic (exact) mass is 405 g/mol. The Bertz CT molecular complexity index is 912. The zero-order chi connectivity index (χ0) is 18.5. The van der Waals surface area contributed by atoms with Crippen LogP contribution in [0.25, 0.3) is 0 Å². The van der Waals surface area contributed by atoms with Crippen molar-refractivity contribution >= 4 is 40.7 Å². The highest BCUT2D eigenvalue weighted by Crippen LogP contribution is 2.25. The molecule has 134 valence electrons. The first-order chi connectivity index (χ1) is 12.6. The van der Waals surface area contributed by atoms with Crippen molar-refractivity contribution in [3.8, 4) is 0 Å². The highest BCUT2D eigenvalue weighted by atomic mass is 35.5. The van der Waals surface area contributed by atoms with Crippen LogP contribution in [0.2, 0.25) is 10.0 Å². The van der Waals surface area contributed by atoms with Gasteiger partial charge in [0.1, 0.15) is 5.82 Å². The van der Waals surface area contributed by atoms with E-state index >= 15 is 0 Å². The van der Waals surface area contributed by atoms with E-state index in [9.17, 15) is 4.79 Å². The molecule has 3 aromatic rings. The molecule has 0 radical (unpaired) electrons. The summed E-state index contributed by atoms with van der Waals surface area (Å²) in [7, 11) is 0. The molecule has 0 aliphatic heterocycles. The molecule has 0 N–H and O–H groups in total. The molecule has 0 fully saturated rings. The van der Waals surface area contributed by atoms with Gasteiger partial charge in [-0.1, -0.05) is 65.3 Å². The molecule has 0 atom stereocenters. The average molecular weight is 406 g/mol. The van der Waals surface area contributed by atoms with Gasteiger partial charge in [0.15, 0.2) is 10.9 Å². The van der Waals surface area contributed by atoms with Crippen molar-refractivity contribution in [2.45, 2.75) is 25.0 Å². The van der Waals surface area contributed by atoms with Crippen LogP contribution in [0.3, 0.4) is 0 Å². The van der Waals surface area contributed by atoms with Crippen molar-refractivity contribution in [3.63, 3.8) is 0 Å². The maximum Gasteiger partial charge on any atom is 0.191 e.